The lowest BCUT2D eigenvalue weighted by atomic mass is 10.1. The van der Waals surface area contributed by atoms with Gasteiger partial charge in [0.25, 0.3) is 0 Å². The first-order valence-electron chi connectivity index (χ1n) is 4.91. The number of nitrogens with zero attached hydrogens (tertiary/aromatic N) is 1. The maximum Gasteiger partial charge on any atom is 0.333 e. The van der Waals surface area contributed by atoms with E-state index in [4.69, 9.17) is 0 Å². The van der Waals surface area contributed by atoms with Crippen molar-refractivity contribution in [1.82, 2.24) is 0 Å². The summed E-state index contributed by atoms with van der Waals surface area (Å²) in [7, 11) is 0. The highest BCUT2D eigenvalue weighted by molar-refractivity contribution is 9.10. The van der Waals surface area contributed by atoms with Crippen LogP contribution in [0.4, 0.5) is 10.1 Å². The molecule has 0 N–H and O–H groups in total. The molecule has 1 heterocycles. The number of cyclic esters (lactones) is 2. The Morgan fingerprint density at radius 2 is 1.88 bits per heavy atom. The van der Waals surface area contributed by atoms with Crippen LogP contribution >= 0.6 is 15.9 Å². The van der Waals surface area contributed by atoms with E-state index in [0.29, 0.717) is 15.7 Å². The van der Waals surface area contributed by atoms with Gasteiger partial charge in [-0.05, 0) is 40.5 Å². The molecule has 1 fully saturated rings. The molecule has 1 aliphatic heterocycles. The number of aryl methyl sites for hydroxylation is 1. The minimum absolute atomic E-state index is 0.00927. The quantitative estimate of drug-likeness (QED) is 0.586. The zero-order valence-corrected chi connectivity index (χ0v) is 10.6. The Hall–Kier alpha value is -1.43. The van der Waals surface area contributed by atoms with Crippen LogP contribution in [0, 0.1) is 12.7 Å². The fourth-order valence-electron chi connectivity index (χ4n) is 1.71. The molecule has 0 aliphatic carbocycles. The van der Waals surface area contributed by atoms with Gasteiger partial charge in [-0.25, -0.2) is 14.0 Å². The zero-order valence-electron chi connectivity index (χ0n) is 9.00. The van der Waals surface area contributed by atoms with E-state index in [1.807, 2.05) is 0 Å². The first-order chi connectivity index (χ1) is 7.97. The van der Waals surface area contributed by atoms with Crippen LogP contribution in [0.2, 0.25) is 0 Å². The normalized spacial score (nSPS) is 16.1. The maximum absolute atomic E-state index is 13.3. The molecule has 1 aromatic rings. The Kier molecular flexibility index (Phi) is 3.15. The maximum atomic E-state index is 13.3. The van der Waals surface area contributed by atoms with Crippen LogP contribution in [0.5, 0.6) is 0 Å². The zero-order chi connectivity index (χ0) is 12.6. The summed E-state index contributed by atoms with van der Waals surface area (Å²) in [5.74, 6) is -1.57. The van der Waals surface area contributed by atoms with E-state index in [1.165, 1.54) is 6.07 Å². The number of anilines is 1. The highest BCUT2D eigenvalue weighted by atomic mass is 79.9. The highest BCUT2D eigenvalue weighted by Gasteiger charge is 2.26. The number of carbonyl (C=O) groups is 2. The average molecular weight is 302 g/mol. The molecule has 0 aromatic heterocycles. The lowest BCUT2D eigenvalue weighted by Gasteiger charge is -2.27. The van der Waals surface area contributed by atoms with E-state index in [1.54, 1.807) is 17.9 Å². The molecular formula is C11H9BrFNO3. The average Bonchev–Trinajstić information content (AvgIpc) is 2.22. The lowest BCUT2D eigenvalue weighted by Crippen LogP contribution is -2.43. The van der Waals surface area contributed by atoms with Gasteiger partial charge in [-0.3, -0.25) is 0 Å². The number of esters is 2. The van der Waals surface area contributed by atoms with Gasteiger partial charge in [0, 0.05) is 5.69 Å². The first-order valence-corrected chi connectivity index (χ1v) is 5.71. The van der Waals surface area contributed by atoms with Crippen LogP contribution in [0.1, 0.15) is 5.56 Å². The number of morpholine rings is 1. The molecule has 17 heavy (non-hydrogen) atoms. The number of carbonyl (C=O) groups excluding carboxylic acids is 2. The van der Waals surface area contributed by atoms with Crippen LogP contribution in [0.15, 0.2) is 16.6 Å². The van der Waals surface area contributed by atoms with Gasteiger partial charge in [-0.1, -0.05) is 0 Å². The Balaban J connectivity index is 2.36. The Bertz CT molecular complexity index is 488. The highest BCUT2D eigenvalue weighted by Crippen LogP contribution is 2.28. The second-order valence-electron chi connectivity index (χ2n) is 3.75. The van der Waals surface area contributed by atoms with Crippen LogP contribution in [0.25, 0.3) is 0 Å². The number of hydrogen-bond donors (Lipinski definition) is 0. The van der Waals surface area contributed by atoms with Crippen molar-refractivity contribution < 1.29 is 18.7 Å². The Morgan fingerprint density at radius 3 is 2.47 bits per heavy atom. The molecule has 2 rings (SSSR count). The summed E-state index contributed by atoms with van der Waals surface area (Å²) in [6, 6.07) is 2.90. The largest absolute Gasteiger partial charge is 0.390 e. The molecule has 1 aliphatic rings. The third kappa shape index (κ3) is 2.46. The van der Waals surface area contributed by atoms with Crippen LogP contribution in [-0.2, 0) is 14.3 Å². The predicted molar refractivity (Wildman–Crippen MR) is 62.1 cm³/mol. The van der Waals surface area contributed by atoms with Crippen LogP contribution in [-0.4, -0.2) is 25.0 Å². The predicted octanol–water partition coefficient (Wildman–Crippen LogP) is 1.79. The number of halogens is 2. The summed E-state index contributed by atoms with van der Waals surface area (Å²) in [4.78, 5) is 23.9. The third-order valence-electron chi connectivity index (χ3n) is 2.45. The van der Waals surface area contributed by atoms with E-state index < -0.39 is 11.9 Å². The second-order valence-corrected chi connectivity index (χ2v) is 4.61. The number of rotatable bonds is 1. The summed E-state index contributed by atoms with van der Waals surface area (Å²) in [6.45, 7) is 1.70. The second kappa shape index (κ2) is 4.44. The molecule has 1 aromatic carbocycles. The molecule has 90 valence electrons. The van der Waals surface area contributed by atoms with Gasteiger partial charge in [-0.2, -0.15) is 0 Å². The third-order valence-corrected chi connectivity index (χ3v) is 3.05. The van der Waals surface area contributed by atoms with Crippen molar-refractivity contribution in [2.24, 2.45) is 0 Å². The fraction of sp³-hybridized carbons (Fsp3) is 0.273. The molecule has 1 saturated heterocycles. The van der Waals surface area contributed by atoms with Crippen LogP contribution in [0.3, 0.4) is 0 Å². The van der Waals surface area contributed by atoms with E-state index in [9.17, 15) is 14.0 Å². The number of hydrogen-bond acceptors (Lipinski definition) is 4. The molecule has 0 spiro atoms. The molecular weight excluding hydrogens is 293 g/mol. The minimum atomic E-state index is -0.596. The standard InChI is InChI=1S/C11H9BrFNO3/c1-6-2-8(13)7(12)3-9(6)14-4-10(15)17-11(16)5-14/h2-3H,4-5H2,1H3. The molecule has 0 radical (unpaired) electrons. The van der Waals surface area contributed by atoms with E-state index in [-0.39, 0.29) is 18.9 Å². The summed E-state index contributed by atoms with van der Waals surface area (Å²) in [5, 5.41) is 0. The summed E-state index contributed by atoms with van der Waals surface area (Å²) < 4.78 is 18.0. The van der Waals surface area contributed by atoms with Gasteiger partial charge < -0.3 is 9.64 Å². The topological polar surface area (TPSA) is 46.6 Å². The number of ether oxygens (including phenoxy) is 1. The van der Waals surface area contributed by atoms with Crippen molar-refractivity contribution in [3.63, 3.8) is 0 Å². The van der Waals surface area contributed by atoms with Crippen molar-refractivity contribution in [3.8, 4) is 0 Å². The monoisotopic (exact) mass is 301 g/mol. The lowest BCUT2D eigenvalue weighted by molar-refractivity contribution is -0.160. The summed E-state index contributed by atoms with van der Waals surface area (Å²) >= 11 is 3.07. The summed E-state index contributed by atoms with van der Waals surface area (Å²) in [6.07, 6.45) is 0. The van der Waals surface area contributed by atoms with Gasteiger partial charge in [0.15, 0.2) is 0 Å². The van der Waals surface area contributed by atoms with Gasteiger partial charge in [-0.15, -0.1) is 0 Å². The molecule has 4 nitrogen and oxygen atoms in total. The van der Waals surface area contributed by atoms with Gasteiger partial charge in [0.2, 0.25) is 0 Å². The van der Waals surface area contributed by atoms with Gasteiger partial charge in [0.1, 0.15) is 18.9 Å². The van der Waals surface area contributed by atoms with E-state index in [2.05, 4.69) is 20.7 Å². The molecule has 0 atom stereocenters. The first kappa shape index (κ1) is 12.0. The molecule has 0 unspecified atom stereocenters. The molecule has 6 heteroatoms. The molecule has 0 bridgehead atoms. The Morgan fingerprint density at radius 1 is 1.29 bits per heavy atom. The van der Waals surface area contributed by atoms with Crippen molar-refractivity contribution >= 4 is 33.6 Å². The smallest absolute Gasteiger partial charge is 0.333 e. The van der Waals surface area contributed by atoms with Gasteiger partial charge in [0.05, 0.1) is 4.47 Å². The van der Waals surface area contributed by atoms with E-state index >= 15 is 0 Å². The molecule has 0 saturated carbocycles. The van der Waals surface area contributed by atoms with Crippen molar-refractivity contribution in [2.75, 3.05) is 18.0 Å². The Labute approximate surface area is 105 Å². The van der Waals surface area contributed by atoms with Crippen molar-refractivity contribution in [1.29, 1.82) is 0 Å². The summed E-state index contributed by atoms with van der Waals surface area (Å²) in [5.41, 5.74) is 1.30. The van der Waals surface area contributed by atoms with Gasteiger partial charge >= 0.3 is 11.9 Å². The van der Waals surface area contributed by atoms with Crippen molar-refractivity contribution in [3.05, 3.63) is 28.0 Å². The van der Waals surface area contributed by atoms with Crippen LogP contribution < -0.4 is 4.90 Å². The van der Waals surface area contributed by atoms with Crippen molar-refractivity contribution in [2.45, 2.75) is 6.92 Å². The minimum Gasteiger partial charge on any atom is -0.390 e. The number of benzene rings is 1. The van der Waals surface area contributed by atoms with E-state index in [0.717, 1.165) is 0 Å². The fourth-order valence-corrected chi connectivity index (χ4v) is 2.04. The SMILES string of the molecule is Cc1cc(F)c(Br)cc1N1CC(=O)OC(=O)C1. The molecule has 0 amide bonds.